The Hall–Kier alpha value is -4.06. The second-order valence-corrected chi connectivity index (χ2v) is 11.4. The van der Waals surface area contributed by atoms with Gasteiger partial charge in [0, 0.05) is 16.3 Å². The standard InChI is InChI=1S/C29H24ClN3O6S2/c1-37-20-13-18(14-21(38-2)26(20)39-3)23-22(24(34)17-9-11-19(30)12-10-17)25(35)27(36)33(23)28-31-32-29(41-28)40-15-16-7-5-4-6-8-16/h4-14,23,34H,15H2,1-3H3/b24-22-. The van der Waals surface area contributed by atoms with Crippen LogP contribution in [-0.4, -0.2) is 48.3 Å². The van der Waals surface area contributed by atoms with Crippen molar-refractivity contribution in [2.45, 2.75) is 16.1 Å². The molecule has 4 aromatic rings. The van der Waals surface area contributed by atoms with Crippen molar-refractivity contribution in [3.05, 3.63) is 94.0 Å². The number of amides is 1. The van der Waals surface area contributed by atoms with E-state index < -0.39 is 17.7 Å². The number of halogens is 1. The van der Waals surface area contributed by atoms with Crippen molar-refractivity contribution in [1.82, 2.24) is 10.2 Å². The number of benzene rings is 3. The number of hydrogen-bond donors (Lipinski definition) is 1. The molecule has 0 bridgehead atoms. The fraction of sp³-hybridized carbons (Fsp3) is 0.172. The van der Waals surface area contributed by atoms with Crippen molar-refractivity contribution < 1.29 is 28.9 Å². The number of aromatic nitrogens is 2. The van der Waals surface area contributed by atoms with Gasteiger partial charge in [-0.05, 0) is 47.5 Å². The molecule has 41 heavy (non-hydrogen) atoms. The largest absolute Gasteiger partial charge is 0.507 e. The number of hydrogen-bond acceptors (Lipinski definition) is 10. The van der Waals surface area contributed by atoms with Crippen LogP contribution in [0.3, 0.4) is 0 Å². The predicted molar refractivity (Wildman–Crippen MR) is 158 cm³/mol. The summed E-state index contributed by atoms with van der Waals surface area (Å²) >= 11 is 8.68. The molecule has 1 saturated heterocycles. The number of aliphatic hydroxyl groups excluding tert-OH is 1. The van der Waals surface area contributed by atoms with E-state index in [1.807, 2.05) is 30.3 Å². The molecule has 1 N–H and O–H groups in total. The molecular formula is C29H24ClN3O6S2. The zero-order chi connectivity index (χ0) is 29.1. The van der Waals surface area contributed by atoms with Crippen LogP contribution in [-0.2, 0) is 15.3 Å². The highest BCUT2D eigenvalue weighted by Gasteiger charge is 2.49. The molecule has 1 amide bonds. The zero-order valence-corrected chi connectivity index (χ0v) is 24.5. The number of ketones is 1. The van der Waals surface area contributed by atoms with E-state index in [-0.39, 0.29) is 16.5 Å². The van der Waals surface area contributed by atoms with Gasteiger partial charge in [0.2, 0.25) is 10.9 Å². The average Bonchev–Trinajstić information content (AvgIpc) is 3.57. The van der Waals surface area contributed by atoms with Crippen molar-refractivity contribution in [2.24, 2.45) is 0 Å². The highest BCUT2D eigenvalue weighted by molar-refractivity contribution is 8.00. The van der Waals surface area contributed by atoms with E-state index >= 15 is 0 Å². The molecule has 12 heteroatoms. The third-order valence-corrected chi connectivity index (χ3v) is 8.75. The highest BCUT2D eigenvalue weighted by Crippen LogP contribution is 2.48. The molecule has 1 aromatic heterocycles. The fourth-order valence-corrected chi connectivity index (χ4v) is 6.39. The Kier molecular flexibility index (Phi) is 8.48. The van der Waals surface area contributed by atoms with Gasteiger partial charge in [0.15, 0.2) is 15.8 Å². The Labute approximate surface area is 249 Å². The minimum atomic E-state index is -1.07. The van der Waals surface area contributed by atoms with Crippen molar-refractivity contribution in [3.8, 4) is 17.2 Å². The summed E-state index contributed by atoms with van der Waals surface area (Å²) in [5.41, 5.74) is 1.74. The first-order valence-electron chi connectivity index (χ1n) is 12.2. The molecule has 3 aromatic carbocycles. The topological polar surface area (TPSA) is 111 Å². The maximum absolute atomic E-state index is 13.6. The predicted octanol–water partition coefficient (Wildman–Crippen LogP) is 6.14. The van der Waals surface area contributed by atoms with Crippen LogP contribution in [0.15, 0.2) is 76.6 Å². The second kappa shape index (κ2) is 12.2. The van der Waals surface area contributed by atoms with Crippen molar-refractivity contribution in [1.29, 1.82) is 0 Å². The number of rotatable bonds is 9. The molecule has 5 rings (SSSR count). The Morgan fingerprint density at radius 1 is 0.976 bits per heavy atom. The first kappa shape index (κ1) is 28.5. The SMILES string of the molecule is COc1cc(C2/C(=C(/O)c3ccc(Cl)cc3)C(=O)C(=O)N2c2nnc(SCc3ccccc3)s2)cc(OC)c1OC. The Bertz CT molecular complexity index is 1600. The van der Waals surface area contributed by atoms with Crippen LogP contribution < -0.4 is 19.1 Å². The van der Waals surface area contributed by atoms with E-state index in [9.17, 15) is 14.7 Å². The fourth-order valence-electron chi connectivity index (χ4n) is 4.45. The maximum atomic E-state index is 13.6. The van der Waals surface area contributed by atoms with Gasteiger partial charge < -0.3 is 19.3 Å². The highest BCUT2D eigenvalue weighted by atomic mass is 35.5. The van der Waals surface area contributed by atoms with Crippen LogP contribution in [0.4, 0.5) is 5.13 Å². The summed E-state index contributed by atoms with van der Waals surface area (Å²) in [4.78, 5) is 28.3. The number of aliphatic hydroxyl groups is 1. The number of methoxy groups -OCH3 is 3. The quantitative estimate of drug-likeness (QED) is 0.0787. The molecule has 0 aliphatic carbocycles. The second-order valence-electron chi connectivity index (χ2n) is 8.76. The molecule has 0 radical (unpaired) electrons. The summed E-state index contributed by atoms with van der Waals surface area (Å²) in [5.74, 6) is -0.458. The molecule has 9 nitrogen and oxygen atoms in total. The third-order valence-electron chi connectivity index (χ3n) is 6.37. The monoisotopic (exact) mass is 609 g/mol. The van der Waals surface area contributed by atoms with Gasteiger partial charge in [-0.2, -0.15) is 0 Å². The van der Waals surface area contributed by atoms with Crippen LogP contribution >= 0.6 is 34.7 Å². The lowest BCUT2D eigenvalue weighted by molar-refractivity contribution is -0.132. The van der Waals surface area contributed by atoms with E-state index in [1.54, 1.807) is 36.4 Å². The van der Waals surface area contributed by atoms with E-state index in [2.05, 4.69) is 10.2 Å². The van der Waals surface area contributed by atoms with Crippen molar-refractivity contribution in [3.63, 3.8) is 0 Å². The summed E-state index contributed by atoms with van der Waals surface area (Å²) in [7, 11) is 4.40. The van der Waals surface area contributed by atoms with Gasteiger partial charge in [-0.3, -0.25) is 14.5 Å². The van der Waals surface area contributed by atoms with Crippen molar-refractivity contribution >= 4 is 57.3 Å². The number of Topliss-reactive ketones (excluding diaryl/α,β-unsaturated/α-hetero) is 1. The molecule has 1 aliphatic rings. The smallest absolute Gasteiger partial charge is 0.301 e. The minimum Gasteiger partial charge on any atom is -0.507 e. The van der Waals surface area contributed by atoms with Crippen LogP contribution in [0, 0.1) is 0 Å². The molecule has 1 fully saturated rings. The summed E-state index contributed by atoms with van der Waals surface area (Å²) < 4.78 is 17.1. The molecule has 1 aliphatic heterocycles. The molecule has 1 unspecified atom stereocenters. The van der Waals surface area contributed by atoms with E-state index in [0.717, 1.165) is 5.56 Å². The lowest BCUT2D eigenvalue weighted by Crippen LogP contribution is -2.29. The summed E-state index contributed by atoms with van der Waals surface area (Å²) in [6.45, 7) is 0. The van der Waals surface area contributed by atoms with Gasteiger partial charge >= 0.3 is 5.91 Å². The Balaban J connectivity index is 1.63. The van der Waals surface area contributed by atoms with Gasteiger partial charge in [-0.1, -0.05) is 65.0 Å². The first-order chi connectivity index (χ1) is 19.9. The minimum absolute atomic E-state index is 0.125. The van der Waals surface area contributed by atoms with Gasteiger partial charge in [0.1, 0.15) is 5.76 Å². The van der Waals surface area contributed by atoms with Crippen molar-refractivity contribution in [2.75, 3.05) is 26.2 Å². The van der Waals surface area contributed by atoms with Gasteiger partial charge in [-0.25, -0.2) is 0 Å². The number of nitrogens with zero attached hydrogens (tertiary/aromatic N) is 3. The summed E-state index contributed by atoms with van der Waals surface area (Å²) in [5, 5.41) is 20.6. The number of carbonyl (C=O) groups is 2. The number of anilines is 1. The summed E-state index contributed by atoms with van der Waals surface area (Å²) in [6, 6.07) is 18.4. The molecule has 0 saturated carbocycles. The van der Waals surface area contributed by atoms with Crippen LogP contribution in [0.1, 0.15) is 22.7 Å². The molecule has 210 valence electrons. The maximum Gasteiger partial charge on any atom is 0.301 e. The van der Waals surface area contributed by atoms with Crippen LogP contribution in [0.5, 0.6) is 17.2 Å². The van der Waals surface area contributed by atoms with E-state index in [4.69, 9.17) is 25.8 Å². The van der Waals surface area contributed by atoms with Crippen LogP contribution in [0.25, 0.3) is 5.76 Å². The van der Waals surface area contributed by atoms with E-state index in [0.29, 0.717) is 43.5 Å². The number of ether oxygens (including phenoxy) is 3. The molecule has 0 spiro atoms. The Morgan fingerprint density at radius 2 is 1.63 bits per heavy atom. The molecular weight excluding hydrogens is 586 g/mol. The molecule has 2 heterocycles. The Morgan fingerprint density at radius 3 is 2.24 bits per heavy atom. The van der Waals surface area contributed by atoms with Crippen LogP contribution in [0.2, 0.25) is 5.02 Å². The number of thioether (sulfide) groups is 1. The van der Waals surface area contributed by atoms with Gasteiger partial charge in [0.05, 0.1) is 32.9 Å². The van der Waals surface area contributed by atoms with E-state index in [1.165, 1.54) is 49.3 Å². The normalized spacial score (nSPS) is 16.2. The summed E-state index contributed by atoms with van der Waals surface area (Å²) in [6.07, 6.45) is 0. The van der Waals surface area contributed by atoms with Gasteiger partial charge in [-0.15, -0.1) is 10.2 Å². The number of carbonyl (C=O) groups excluding carboxylic acids is 2. The lowest BCUT2D eigenvalue weighted by Gasteiger charge is -2.24. The first-order valence-corrected chi connectivity index (χ1v) is 14.4. The lowest BCUT2D eigenvalue weighted by atomic mass is 9.95. The third kappa shape index (κ3) is 5.61. The zero-order valence-electron chi connectivity index (χ0n) is 22.2. The molecule has 1 atom stereocenters. The van der Waals surface area contributed by atoms with Gasteiger partial charge in [0.25, 0.3) is 5.78 Å². The average molecular weight is 610 g/mol.